The number of allylic oxidation sites excluding steroid dienone is 3. The molecule has 4 heterocycles. The molecule has 12 heteroatoms. The molecule has 1 aliphatic rings. The Morgan fingerprint density at radius 3 is 2.80 bits per heavy atom. The van der Waals surface area contributed by atoms with Gasteiger partial charge in [-0.3, -0.25) is 24.1 Å². The van der Waals surface area contributed by atoms with E-state index in [0.717, 1.165) is 18.4 Å². The molecule has 41 heavy (non-hydrogen) atoms. The summed E-state index contributed by atoms with van der Waals surface area (Å²) in [5, 5.41) is 11.7. The van der Waals surface area contributed by atoms with Crippen LogP contribution >= 0.6 is 0 Å². The Kier molecular flexibility index (Phi) is 9.03. The zero-order valence-corrected chi connectivity index (χ0v) is 23.2. The van der Waals surface area contributed by atoms with Crippen molar-refractivity contribution in [1.29, 1.82) is 0 Å². The second-order valence-electron chi connectivity index (χ2n) is 9.59. The predicted octanol–water partition coefficient (Wildman–Crippen LogP) is 3.42. The maximum atomic E-state index is 13.6. The van der Waals surface area contributed by atoms with Crippen molar-refractivity contribution in [3.05, 3.63) is 97.6 Å². The van der Waals surface area contributed by atoms with Crippen molar-refractivity contribution in [2.24, 2.45) is 4.99 Å². The van der Waals surface area contributed by atoms with Gasteiger partial charge in [0.2, 0.25) is 0 Å². The third-order valence-corrected chi connectivity index (χ3v) is 6.68. The first-order valence-corrected chi connectivity index (χ1v) is 13.2. The summed E-state index contributed by atoms with van der Waals surface area (Å²) >= 11 is 0. The fraction of sp³-hybridized carbons (Fsp3) is 0.345. The Hall–Kier alpha value is -4.71. The van der Waals surface area contributed by atoms with Gasteiger partial charge in [-0.2, -0.15) is 4.99 Å². The van der Waals surface area contributed by atoms with Gasteiger partial charge in [0, 0.05) is 24.5 Å². The molecule has 0 spiro atoms. The predicted molar refractivity (Wildman–Crippen MR) is 151 cm³/mol. The maximum Gasteiger partial charge on any atom is 0.341 e. The summed E-state index contributed by atoms with van der Waals surface area (Å²) in [5.74, 6) is -1.50. The summed E-state index contributed by atoms with van der Waals surface area (Å²) in [7, 11) is 0. The van der Waals surface area contributed by atoms with E-state index in [1.165, 1.54) is 35.6 Å². The van der Waals surface area contributed by atoms with E-state index < -0.39 is 22.4 Å². The fourth-order valence-electron chi connectivity index (χ4n) is 4.72. The van der Waals surface area contributed by atoms with Gasteiger partial charge in [-0.05, 0) is 51.3 Å². The van der Waals surface area contributed by atoms with Crippen molar-refractivity contribution < 1.29 is 24.0 Å². The summed E-state index contributed by atoms with van der Waals surface area (Å²) in [5.41, 5.74) is 0.743. The number of fused-ring (bicyclic) bond motifs is 2. The zero-order valence-electron chi connectivity index (χ0n) is 23.2. The molecule has 1 atom stereocenters. The van der Waals surface area contributed by atoms with Gasteiger partial charge in [0.05, 0.1) is 36.0 Å². The highest BCUT2D eigenvalue weighted by molar-refractivity contribution is 5.94. The number of carbonyl (C=O) groups excluding carboxylic acids is 2. The molecule has 0 unspecified atom stereocenters. The molecule has 1 amide bonds. The van der Waals surface area contributed by atoms with Crippen molar-refractivity contribution in [3.63, 3.8) is 0 Å². The van der Waals surface area contributed by atoms with Crippen LogP contribution in [0.4, 0.5) is 0 Å². The van der Waals surface area contributed by atoms with Crippen LogP contribution in [-0.2, 0) is 20.8 Å². The largest absolute Gasteiger partial charge is 0.462 e. The number of aryl methyl sites for hydroxylation is 1. The molecule has 1 fully saturated rings. The second-order valence-corrected chi connectivity index (χ2v) is 9.59. The minimum absolute atomic E-state index is 0.0494. The van der Waals surface area contributed by atoms with E-state index in [0.29, 0.717) is 12.3 Å². The Labute approximate surface area is 235 Å². The summed E-state index contributed by atoms with van der Waals surface area (Å²) < 4.78 is 14.1. The first-order valence-electron chi connectivity index (χ1n) is 13.2. The first-order chi connectivity index (χ1) is 19.7. The van der Waals surface area contributed by atoms with E-state index in [1.54, 1.807) is 23.8 Å². The van der Waals surface area contributed by atoms with Crippen LogP contribution in [0.15, 0.2) is 70.3 Å². The zero-order chi connectivity index (χ0) is 29.7. The van der Waals surface area contributed by atoms with E-state index in [-0.39, 0.29) is 59.0 Å². The summed E-state index contributed by atoms with van der Waals surface area (Å²) in [6.07, 6.45) is 6.53. The first kappa shape index (κ1) is 29.3. The number of amides is 1. The number of nitro groups is 1. The number of hydrogen-bond donors (Lipinski definition) is 0. The molecule has 1 aliphatic heterocycles. The minimum atomic E-state index is -0.775. The molecule has 0 saturated carbocycles. The lowest BCUT2D eigenvalue weighted by atomic mass is 10.1. The standard InChI is InChI=1S/C29H31N5O7/c1-5-7-12-23(34(38)39)19(4)15-24(35)30-27-22(29(37)40-6-2)16-21-26(33(27)17-20-11-9-14-41-20)31-25-18(3)10-8-13-32(25)28(21)36/h5,7-8,10,12-13,16,20H,1,6,9,11,14-15,17H2,2-4H3/b12-7-,23-19+,30-27?/t20-/m0/s1. The van der Waals surface area contributed by atoms with Gasteiger partial charge in [0.1, 0.15) is 16.9 Å². The number of carbonyl (C=O) groups is 2. The van der Waals surface area contributed by atoms with Gasteiger partial charge >= 0.3 is 5.97 Å². The Morgan fingerprint density at radius 2 is 2.15 bits per heavy atom. The molecule has 0 bridgehead atoms. The van der Waals surface area contributed by atoms with Crippen molar-refractivity contribution in [2.45, 2.75) is 52.7 Å². The summed E-state index contributed by atoms with van der Waals surface area (Å²) in [6.45, 7) is 9.20. The number of nitrogens with zero attached hydrogens (tertiary/aromatic N) is 5. The van der Waals surface area contributed by atoms with E-state index in [2.05, 4.69) is 11.6 Å². The molecule has 0 N–H and O–H groups in total. The maximum absolute atomic E-state index is 13.6. The van der Waals surface area contributed by atoms with Crippen LogP contribution in [-0.4, -0.2) is 50.1 Å². The number of esters is 1. The van der Waals surface area contributed by atoms with Crippen molar-refractivity contribution >= 4 is 28.6 Å². The number of hydrogen-bond acceptors (Lipinski definition) is 8. The van der Waals surface area contributed by atoms with Crippen LogP contribution < -0.4 is 11.0 Å². The lowest BCUT2D eigenvalue weighted by Crippen LogP contribution is -2.35. The SMILES string of the molecule is C=C/C=C\C(=C(\C)CC(=O)N=c1c(C(=O)OCC)cc2c(=O)n3cccc(C)c3nc2n1C[C@@H]1CCCO1)[N+](=O)[O-]. The van der Waals surface area contributed by atoms with Crippen LogP contribution in [0.5, 0.6) is 0 Å². The molecular weight excluding hydrogens is 530 g/mol. The highest BCUT2D eigenvalue weighted by Gasteiger charge is 2.24. The number of pyridine rings is 2. The van der Waals surface area contributed by atoms with Gasteiger partial charge in [-0.15, -0.1) is 0 Å². The lowest BCUT2D eigenvalue weighted by molar-refractivity contribution is -0.420. The molecule has 0 aromatic carbocycles. The number of ether oxygens (including phenoxy) is 2. The molecule has 0 radical (unpaired) electrons. The average Bonchev–Trinajstić information content (AvgIpc) is 3.44. The van der Waals surface area contributed by atoms with Crippen molar-refractivity contribution in [1.82, 2.24) is 14.0 Å². The van der Waals surface area contributed by atoms with Crippen LogP contribution in [0.1, 0.15) is 49.0 Å². The van der Waals surface area contributed by atoms with Crippen LogP contribution in [0.2, 0.25) is 0 Å². The third-order valence-electron chi connectivity index (χ3n) is 6.68. The van der Waals surface area contributed by atoms with E-state index in [9.17, 15) is 24.5 Å². The number of rotatable bonds is 9. The molecule has 1 saturated heterocycles. The quantitative estimate of drug-likeness (QED) is 0.127. The molecule has 0 aliphatic carbocycles. The average molecular weight is 562 g/mol. The lowest BCUT2D eigenvalue weighted by Gasteiger charge is -2.18. The van der Waals surface area contributed by atoms with Gasteiger partial charge < -0.3 is 14.0 Å². The highest BCUT2D eigenvalue weighted by Crippen LogP contribution is 2.18. The van der Waals surface area contributed by atoms with Gasteiger partial charge in [-0.1, -0.05) is 24.8 Å². The number of aromatic nitrogens is 3. The Balaban J connectivity index is 2.03. The molecule has 214 valence electrons. The highest BCUT2D eigenvalue weighted by atomic mass is 16.6. The second kappa shape index (κ2) is 12.6. The van der Waals surface area contributed by atoms with Crippen molar-refractivity contribution in [2.75, 3.05) is 13.2 Å². The minimum Gasteiger partial charge on any atom is -0.462 e. The molecule has 12 nitrogen and oxygen atoms in total. The van der Waals surface area contributed by atoms with Crippen LogP contribution in [0, 0.1) is 17.0 Å². The Morgan fingerprint density at radius 1 is 1.37 bits per heavy atom. The molecule has 4 rings (SSSR count). The fourth-order valence-corrected chi connectivity index (χ4v) is 4.72. The molecular formula is C29H31N5O7. The van der Waals surface area contributed by atoms with Gasteiger partial charge in [0.15, 0.2) is 5.49 Å². The summed E-state index contributed by atoms with van der Waals surface area (Å²) in [4.78, 5) is 60.0. The molecule has 3 aromatic heterocycles. The topological polar surface area (TPSA) is 147 Å². The van der Waals surface area contributed by atoms with Gasteiger partial charge in [-0.25, -0.2) is 9.78 Å². The van der Waals surface area contributed by atoms with Crippen LogP contribution in [0.25, 0.3) is 16.7 Å². The third kappa shape index (κ3) is 6.22. The van der Waals surface area contributed by atoms with E-state index in [4.69, 9.17) is 14.5 Å². The summed E-state index contributed by atoms with van der Waals surface area (Å²) in [6, 6.07) is 4.89. The van der Waals surface area contributed by atoms with Crippen LogP contribution in [0.3, 0.4) is 0 Å². The van der Waals surface area contributed by atoms with Gasteiger partial charge in [0.25, 0.3) is 17.2 Å². The van der Waals surface area contributed by atoms with E-state index in [1.807, 2.05) is 13.0 Å². The monoisotopic (exact) mass is 561 g/mol. The van der Waals surface area contributed by atoms with Crippen molar-refractivity contribution in [3.8, 4) is 0 Å². The Bertz CT molecular complexity index is 1740. The molecule has 3 aromatic rings. The smallest absolute Gasteiger partial charge is 0.341 e. The van der Waals surface area contributed by atoms with E-state index >= 15 is 0 Å². The normalized spacial score (nSPS) is 16.4.